The van der Waals surface area contributed by atoms with Crippen LogP contribution in [-0.4, -0.2) is 23.5 Å². The van der Waals surface area contributed by atoms with Crippen LogP contribution in [0.3, 0.4) is 0 Å². The molecule has 18 heavy (non-hydrogen) atoms. The van der Waals surface area contributed by atoms with Gasteiger partial charge in [-0.05, 0) is 34.1 Å². The lowest BCUT2D eigenvalue weighted by Crippen LogP contribution is -2.34. The van der Waals surface area contributed by atoms with Crippen molar-refractivity contribution >= 4 is 27.7 Å². The van der Waals surface area contributed by atoms with Gasteiger partial charge in [0.1, 0.15) is 11.7 Å². The number of oxime groups is 1. The van der Waals surface area contributed by atoms with Crippen LogP contribution < -0.4 is 11.1 Å². The minimum Gasteiger partial charge on any atom is -0.409 e. The lowest BCUT2D eigenvalue weighted by atomic mass is 10.1. The first-order valence-electron chi connectivity index (χ1n) is 5.16. The van der Waals surface area contributed by atoms with Crippen LogP contribution >= 0.6 is 15.9 Å². The second-order valence-corrected chi connectivity index (χ2v) is 4.61. The van der Waals surface area contributed by atoms with Gasteiger partial charge in [0.05, 0.1) is 5.56 Å². The van der Waals surface area contributed by atoms with Crippen molar-refractivity contribution in [3.05, 3.63) is 34.1 Å². The maximum absolute atomic E-state index is 13.0. The highest BCUT2D eigenvalue weighted by Crippen LogP contribution is 2.17. The highest BCUT2D eigenvalue weighted by Gasteiger charge is 2.13. The third-order valence-corrected chi connectivity index (χ3v) is 3.05. The molecule has 0 heterocycles. The number of nitrogens with two attached hydrogens (primary N) is 1. The first-order valence-corrected chi connectivity index (χ1v) is 5.95. The summed E-state index contributed by atoms with van der Waals surface area (Å²) in [4.78, 5) is 11.8. The van der Waals surface area contributed by atoms with Gasteiger partial charge in [0.2, 0.25) is 0 Å². The van der Waals surface area contributed by atoms with Crippen LogP contribution in [0.4, 0.5) is 4.39 Å². The van der Waals surface area contributed by atoms with Crippen LogP contribution in [0.1, 0.15) is 17.3 Å². The molecular formula is C11H13BrFN3O2. The molecule has 0 aliphatic carbocycles. The van der Waals surface area contributed by atoms with Crippen LogP contribution in [0.15, 0.2) is 27.8 Å². The summed E-state index contributed by atoms with van der Waals surface area (Å²) >= 11 is 3.16. The molecule has 0 saturated heterocycles. The monoisotopic (exact) mass is 317 g/mol. The van der Waals surface area contributed by atoms with Crippen LogP contribution in [-0.2, 0) is 0 Å². The molecule has 0 saturated carbocycles. The molecule has 1 unspecified atom stereocenters. The molecule has 0 aliphatic heterocycles. The van der Waals surface area contributed by atoms with Gasteiger partial charge in [-0.3, -0.25) is 4.79 Å². The summed E-state index contributed by atoms with van der Waals surface area (Å²) in [7, 11) is 0. The van der Waals surface area contributed by atoms with E-state index in [0.717, 1.165) is 6.07 Å². The predicted octanol–water partition coefficient (Wildman–Crippen LogP) is 1.70. The zero-order chi connectivity index (χ0) is 13.7. The summed E-state index contributed by atoms with van der Waals surface area (Å²) in [6, 6.07) is 3.84. The van der Waals surface area contributed by atoms with Crippen molar-refractivity contribution in [1.82, 2.24) is 5.32 Å². The van der Waals surface area contributed by atoms with Crippen molar-refractivity contribution in [1.29, 1.82) is 0 Å². The third-order valence-electron chi connectivity index (χ3n) is 2.36. The van der Waals surface area contributed by atoms with Gasteiger partial charge in [-0.1, -0.05) is 12.1 Å². The second-order valence-electron chi connectivity index (χ2n) is 3.76. The maximum atomic E-state index is 13.0. The Morgan fingerprint density at radius 1 is 1.67 bits per heavy atom. The van der Waals surface area contributed by atoms with Gasteiger partial charge in [-0.15, -0.1) is 0 Å². The second kappa shape index (κ2) is 6.34. The van der Waals surface area contributed by atoms with E-state index in [1.165, 1.54) is 12.1 Å². The molecule has 1 atom stereocenters. The molecule has 1 rings (SSSR count). The number of amidine groups is 1. The van der Waals surface area contributed by atoms with Gasteiger partial charge in [-0.2, -0.15) is 0 Å². The van der Waals surface area contributed by atoms with Gasteiger partial charge < -0.3 is 16.3 Å². The van der Waals surface area contributed by atoms with E-state index in [1.54, 1.807) is 6.92 Å². The lowest BCUT2D eigenvalue weighted by molar-refractivity contribution is 0.0950. The van der Waals surface area contributed by atoms with E-state index in [1.807, 2.05) is 0 Å². The number of nitrogens with one attached hydrogen (secondary N) is 1. The quantitative estimate of drug-likeness (QED) is 0.342. The van der Waals surface area contributed by atoms with Gasteiger partial charge in [0.25, 0.3) is 5.91 Å². The molecule has 7 heteroatoms. The van der Waals surface area contributed by atoms with Gasteiger partial charge in [-0.25, -0.2) is 4.39 Å². The molecule has 0 spiro atoms. The highest BCUT2D eigenvalue weighted by atomic mass is 79.9. The Labute approximate surface area is 112 Å². The van der Waals surface area contributed by atoms with Crippen molar-refractivity contribution in [3.63, 3.8) is 0 Å². The summed E-state index contributed by atoms with van der Waals surface area (Å²) in [6.07, 6.45) is 0. The Bertz CT molecular complexity index is 479. The Morgan fingerprint density at radius 3 is 2.94 bits per heavy atom. The predicted molar refractivity (Wildman–Crippen MR) is 69.0 cm³/mol. The van der Waals surface area contributed by atoms with Crippen LogP contribution in [0.2, 0.25) is 0 Å². The Morgan fingerprint density at radius 2 is 2.33 bits per heavy atom. The number of hydrogen-bond acceptors (Lipinski definition) is 3. The Balaban J connectivity index is 2.69. The largest absolute Gasteiger partial charge is 0.409 e. The first kappa shape index (κ1) is 14.4. The van der Waals surface area contributed by atoms with E-state index in [2.05, 4.69) is 26.4 Å². The molecule has 4 N–H and O–H groups in total. The highest BCUT2D eigenvalue weighted by molar-refractivity contribution is 9.10. The molecule has 98 valence electrons. The topological polar surface area (TPSA) is 87.7 Å². The van der Waals surface area contributed by atoms with E-state index in [9.17, 15) is 9.18 Å². The molecule has 0 fully saturated rings. The van der Waals surface area contributed by atoms with Gasteiger partial charge >= 0.3 is 0 Å². The Hall–Kier alpha value is -1.63. The first-order chi connectivity index (χ1) is 8.45. The third kappa shape index (κ3) is 3.69. The molecule has 0 radical (unpaired) electrons. The smallest absolute Gasteiger partial charge is 0.252 e. The van der Waals surface area contributed by atoms with Gasteiger partial charge in [0, 0.05) is 16.9 Å². The number of benzene rings is 1. The van der Waals surface area contributed by atoms with Crippen molar-refractivity contribution in [2.24, 2.45) is 16.8 Å². The zero-order valence-electron chi connectivity index (χ0n) is 9.65. The fourth-order valence-electron chi connectivity index (χ4n) is 1.22. The summed E-state index contributed by atoms with van der Waals surface area (Å²) in [5.41, 5.74) is 5.57. The van der Waals surface area contributed by atoms with Crippen molar-refractivity contribution < 1.29 is 14.4 Å². The summed E-state index contributed by atoms with van der Waals surface area (Å²) in [5, 5.41) is 13.9. The van der Waals surface area contributed by atoms with Gasteiger partial charge in [0.15, 0.2) is 0 Å². The van der Waals surface area contributed by atoms with Crippen LogP contribution in [0.5, 0.6) is 0 Å². The summed E-state index contributed by atoms with van der Waals surface area (Å²) in [5.74, 6) is -1.22. The summed E-state index contributed by atoms with van der Waals surface area (Å²) in [6.45, 7) is 1.88. The maximum Gasteiger partial charge on any atom is 0.252 e. The normalized spacial score (nSPS) is 13.2. The van der Waals surface area contributed by atoms with Crippen molar-refractivity contribution in [2.75, 3.05) is 6.54 Å². The van der Waals surface area contributed by atoms with Crippen LogP contribution in [0, 0.1) is 11.7 Å². The van der Waals surface area contributed by atoms with E-state index in [0.29, 0.717) is 4.47 Å². The van der Waals surface area contributed by atoms with Crippen LogP contribution in [0.25, 0.3) is 0 Å². The fourth-order valence-corrected chi connectivity index (χ4v) is 1.64. The minimum atomic E-state index is -0.493. The van der Waals surface area contributed by atoms with E-state index in [-0.39, 0.29) is 23.9 Å². The standard InChI is InChI=1S/C11H13BrFN3O2/c1-6(10(14)16-18)5-15-11(17)8-4-7(13)2-3-9(8)12/h2-4,6,18H,5H2,1H3,(H2,14,16)(H,15,17). The molecule has 1 aromatic carbocycles. The SMILES string of the molecule is CC(CNC(=O)c1cc(F)ccc1Br)C(N)=NO. The van der Waals surface area contributed by atoms with Crippen molar-refractivity contribution in [3.8, 4) is 0 Å². The zero-order valence-corrected chi connectivity index (χ0v) is 11.2. The number of rotatable bonds is 4. The molecule has 0 aliphatic rings. The Kier molecular flexibility index (Phi) is 5.08. The number of halogens is 2. The number of nitrogens with zero attached hydrogens (tertiary/aromatic N) is 1. The molecule has 1 aromatic rings. The number of amides is 1. The van der Waals surface area contributed by atoms with E-state index >= 15 is 0 Å². The minimum absolute atomic E-state index is 0.0219. The number of hydrogen-bond donors (Lipinski definition) is 3. The number of carbonyl (C=O) groups excluding carboxylic acids is 1. The number of carbonyl (C=O) groups is 1. The van der Waals surface area contributed by atoms with E-state index in [4.69, 9.17) is 10.9 Å². The fraction of sp³-hybridized carbons (Fsp3) is 0.273. The average Bonchev–Trinajstić information content (AvgIpc) is 2.37. The van der Waals surface area contributed by atoms with Crippen molar-refractivity contribution in [2.45, 2.75) is 6.92 Å². The molecule has 0 bridgehead atoms. The molecule has 5 nitrogen and oxygen atoms in total. The average molecular weight is 318 g/mol. The van der Waals surface area contributed by atoms with E-state index < -0.39 is 11.7 Å². The lowest BCUT2D eigenvalue weighted by Gasteiger charge is -2.11. The summed E-state index contributed by atoms with van der Waals surface area (Å²) < 4.78 is 13.5. The molecular weight excluding hydrogens is 305 g/mol. The molecule has 0 aromatic heterocycles. The molecule has 1 amide bonds.